The number of para-hydroxylation sites is 2. The third kappa shape index (κ3) is 2.95. The fraction of sp³-hybridized carbons (Fsp3) is 0.211. The van der Waals surface area contributed by atoms with Crippen LogP contribution in [0.5, 0.6) is 0 Å². The lowest BCUT2D eigenvalue weighted by atomic mass is 9.92. The van der Waals surface area contributed by atoms with Crippen molar-refractivity contribution >= 4 is 28.7 Å². The van der Waals surface area contributed by atoms with Gasteiger partial charge in [-0.05, 0) is 36.8 Å². The first-order chi connectivity index (χ1) is 14.2. The SMILES string of the molecule is C[C@]1(c2ccc([N+](=O)[O-])cc2)NC(=O)N(Cc2nc3ccccc3n2C(F)F)C1=O. The molecule has 154 valence electrons. The van der Waals surface area contributed by atoms with E-state index < -0.39 is 35.5 Å². The van der Waals surface area contributed by atoms with Crippen LogP contribution >= 0.6 is 0 Å². The minimum Gasteiger partial charge on any atom is -0.319 e. The fourth-order valence-electron chi connectivity index (χ4n) is 3.52. The van der Waals surface area contributed by atoms with Crippen LogP contribution < -0.4 is 5.32 Å². The first-order valence-electron chi connectivity index (χ1n) is 8.85. The van der Waals surface area contributed by atoms with Gasteiger partial charge in [0.05, 0.1) is 22.5 Å². The second-order valence-electron chi connectivity index (χ2n) is 6.91. The van der Waals surface area contributed by atoms with Crippen LogP contribution in [0.25, 0.3) is 11.0 Å². The molecule has 0 unspecified atom stereocenters. The van der Waals surface area contributed by atoms with Crippen molar-refractivity contribution < 1.29 is 23.3 Å². The molecule has 9 nitrogen and oxygen atoms in total. The molecule has 1 saturated heterocycles. The zero-order valence-corrected chi connectivity index (χ0v) is 15.6. The number of carbonyl (C=O) groups excluding carboxylic acids is 2. The molecule has 0 aliphatic carbocycles. The summed E-state index contributed by atoms with van der Waals surface area (Å²) in [6.45, 7) is -1.91. The average Bonchev–Trinajstić information content (AvgIpc) is 3.19. The van der Waals surface area contributed by atoms with Crippen LogP contribution in [-0.4, -0.2) is 31.3 Å². The normalized spacial score (nSPS) is 19.0. The highest BCUT2D eigenvalue weighted by Crippen LogP contribution is 2.32. The maximum Gasteiger partial charge on any atom is 0.325 e. The Hall–Kier alpha value is -3.89. The van der Waals surface area contributed by atoms with Gasteiger partial charge in [0.25, 0.3) is 11.6 Å². The third-order valence-corrected chi connectivity index (χ3v) is 5.09. The van der Waals surface area contributed by atoms with Crippen LogP contribution in [0.1, 0.15) is 24.9 Å². The highest BCUT2D eigenvalue weighted by atomic mass is 19.3. The van der Waals surface area contributed by atoms with E-state index in [1.54, 1.807) is 18.2 Å². The van der Waals surface area contributed by atoms with Gasteiger partial charge in [-0.25, -0.2) is 9.78 Å². The molecule has 30 heavy (non-hydrogen) atoms. The number of carbonyl (C=O) groups is 2. The Morgan fingerprint density at radius 1 is 1.17 bits per heavy atom. The summed E-state index contributed by atoms with van der Waals surface area (Å²) in [7, 11) is 0. The van der Waals surface area contributed by atoms with Gasteiger partial charge in [-0.1, -0.05) is 12.1 Å². The van der Waals surface area contributed by atoms with E-state index in [-0.39, 0.29) is 17.0 Å². The number of aromatic nitrogens is 2. The Labute approximate surface area is 168 Å². The van der Waals surface area contributed by atoms with Gasteiger partial charge in [0.1, 0.15) is 11.4 Å². The Morgan fingerprint density at radius 2 is 1.83 bits per heavy atom. The molecule has 11 heteroatoms. The summed E-state index contributed by atoms with van der Waals surface area (Å²) < 4.78 is 28.0. The van der Waals surface area contributed by atoms with Gasteiger partial charge in [0.2, 0.25) is 0 Å². The lowest BCUT2D eigenvalue weighted by Gasteiger charge is -2.22. The van der Waals surface area contributed by atoms with Crippen molar-refractivity contribution in [2.75, 3.05) is 0 Å². The Kier molecular flexibility index (Phi) is 4.45. The number of nitro benzene ring substituents is 1. The predicted molar refractivity (Wildman–Crippen MR) is 101 cm³/mol. The molecule has 0 bridgehead atoms. The Bertz CT molecular complexity index is 1180. The van der Waals surface area contributed by atoms with Crippen LogP contribution in [-0.2, 0) is 16.9 Å². The molecule has 3 aromatic rings. The largest absolute Gasteiger partial charge is 0.325 e. The first-order valence-corrected chi connectivity index (χ1v) is 8.85. The summed E-state index contributed by atoms with van der Waals surface area (Å²) in [4.78, 5) is 40.8. The molecule has 1 aromatic heterocycles. The van der Waals surface area contributed by atoms with Gasteiger partial charge < -0.3 is 5.32 Å². The molecule has 2 heterocycles. The number of benzene rings is 2. The number of non-ortho nitro benzene ring substituents is 1. The number of amides is 3. The van der Waals surface area contributed by atoms with E-state index in [0.29, 0.717) is 15.6 Å². The van der Waals surface area contributed by atoms with E-state index in [1.807, 2.05) is 0 Å². The molecule has 1 atom stereocenters. The van der Waals surface area contributed by atoms with Crippen LogP contribution in [0.2, 0.25) is 0 Å². The monoisotopic (exact) mass is 415 g/mol. The number of rotatable bonds is 5. The molecular formula is C19H15F2N5O4. The lowest BCUT2D eigenvalue weighted by molar-refractivity contribution is -0.384. The fourth-order valence-corrected chi connectivity index (χ4v) is 3.52. The third-order valence-electron chi connectivity index (χ3n) is 5.09. The quantitative estimate of drug-likeness (QED) is 0.391. The highest BCUT2D eigenvalue weighted by Gasteiger charge is 2.49. The number of alkyl halides is 2. The predicted octanol–water partition coefficient (Wildman–Crippen LogP) is 3.31. The second-order valence-corrected chi connectivity index (χ2v) is 6.91. The smallest absolute Gasteiger partial charge is 0.319 e. The van der Waals surface area contributed by atoms with Gasteiger partial charge in [-0.15, -0.1) is 0 Å². The summed E-state index contributed by atoms with van der Waals surface area (Å²) in [5, 5.41) is 13.4. The second kappa shape index (κ2) is 6.87. The Balaban J connectivity index is 1.68. The molecule has 3 amide bonds. The maximum atomic E-state index is 13.6. The summed E-state index contributed by atoms with van der Waals surface area (Å²) in [5.41, 5.74) is -0.822. The number of hydrogen-bond acceptors (Lipinski definition) is 5. The summed E-state index contributed by atoms with van der Waals surface area (Å²) in [5.74, 6) is -0.808. The van der Waals surface area contributed by atoms with Gasteiger partial charge >= 0.3 is 12.6 Å². The van der Waals surface area contributed by atoms with Crippen LogP contribution in [0.4, 0.5) is 19.3 Å². The molecular weight excluding hydrogens is 400 g/mol. The van der Waals surface area contributed by atoms with Gasteiger partial charge in [-0.3, -0.25) is 24.4 Å². The number of imidazole rings is 1. The highest BCUT2D eigenvalue weighted by molar-refractivity contribution is 6.07. The average molecular weight is 415 g/mol. The maximum absolute atomic E-state index is 13.6. The van der Waals surface area contributed by atoms with E-state index in [2.05, 4.69) is 10.3 Å². The molecule has 0 spiro atoms. The number of imide groups is 1. The van der Waals surface area contributed by atoms with E-state index in [1.165, 1.54) is 37.3 Å². The summed E-state index contributed by atoms with van der Waals surface area (Å²) in [6.07, 6.45) is 0. The lowest BCUT2D eigenvalue weighted by Crippen LogP contribution is -2.40. The minimum absolute atomic E-state index is 0.136. The molecule has 1 N–H and O–H groups in total. The van der Waals surface area contributed by atoms with Crippen LogP contribution in [0.15, 0.2) is 48.5 Å². The zero-order chi connectivity index (χ0) is 21.6. The molecule has 0 saturated carbocycles. The number of fused-ring (bicyclic) bond motifs is 1. The van der Waals surface area contributed by atoms with Gasteiger partial charge in [0.15, 0.2) is 0 Å². The van der Waals surface area contributed by atoms with Gasteiger partial charge in [-0.2, -0.15) is 8.78 Å². The van der Waals surface area contributed by atoms with Crippen molar-refractivity contribution in [1.82, 2.24) is 19.8 Å². The number of halogens is 2. The minimum atomic E-state index is -2.91. The molecule has 1 aliphatic heterocycles. The summed E-state index contributed by atoms with van der Waals surface area (Å²) >= 11 is 0. The topological polar surface area (TPSA) is 110 Å². The van der Waals surface area contributed by atoms with E-state index in [4.69, 9.17) is 0 Å². The molecule has 1 aliphatic rings. The van der Waals surface area contributed by atoms with Crippen molar-refractivity contribution in [3.05, 3.63) is 70.0 Å². The summed E-state index contributed by atoms with van der Waals surface area (Å²) in [6, 6.07) is 10.7. The van der Waals surface area contributed by atoms with E-state index in [0.717, 1.165) is 4.90 Å². The number of nitro groups is 1. The number of nitrogens with one attached hydrogen (secondary N) is 1. The van der Waals surface area contributed by atoms with Crippen molar-refractivity contribution in [2.24, 2.45) is 0 Å². The number of nitrogens with zero attached hydrogens (tertiary/aromatic N) is 4. The molecule has 2 aromatic carbocycles. The molecule has 4 rings (SSSR count). The standard InChI is InChI=1S/C19H15F2N5O4/c1-19(11-6-8-12(9-7-11)26(29)30)16(27)24(18(28)23-19)10-15-22-13-4-2-3-5-14(13)25(15)17(20)21/h2-9,17H,10H2,1H3,(H,23,28)/t19-/m1/s1. The van der Waals surface area contributed by atoms with Crippen molar-refractivity contribution in [1.29, 1.82) is 0 Å². The van der Waals surface area contributed by atoms with Crippen LogP contribution in [0.3, 0.4) is 0 Å². The van der Waals surface area contributed by atoms with E-state index >= 15 is 0 Å². The van der Waals surface area contributed by atoms with Gasteiger partial charge in [0, 0.05) is 12.1 Å². The molecule has 0 radical (unpaired) electrons. The first kappa shape index (κ1) is 19.4. The Morgan fingerprint density at radius 3 is 2.47 bits per heavy atom. The zero-order valence-electron chi connectivity index (χ0n) is 15.6. The van der Waals surface area contributed by atoms with Crippen molar-refractivity contribution in [3.8, 4) is 0 Å². The number of urea groups is 1. The van der Waals surface area contributed by atoms with Crippen LogP contribution in [0, 0.1) is 10.1 Å². The number of hydrogen-bond donors (Lipinski definition) is 1. The van der Waals surface area contributed by atoms with E-state index in [9.17, 15) is 28.5 Å². The van der Waals surface area contributed by atoms with Crippen molar-refractivity contribution in [2.45, 2.75) is 25.6 Å². The van der Waals surface area contributed by atoms with Crippen molar-refractivity contribution in [3.63, 3.8) is 0 Å². The molecule has 1 fully saturated rings.